The van der Waals surface area contributed by atoms with E-state index in [1.807, 2.05) is 20.9 Å². The van der Waals surface area contributed by atoms with E-state index in [4.69, 9.17) is 9.47 Å². The molecule has 1 N–H and O–H groups in total. The van der Waals surface area contributed by atoms with E-state index in [2.05, 4.69) is 17.1 Å². The van der Waals surface area contributed by atoms with Gasteiger partial charge in [-0.2, -0.15) is 0 Å². The van der Waals surface area contributed by atoms with Crippen LogP contribution in [0.25, 0.3) is 0 Å². The van der Waals surface area contributed by atoms with Gasteiger partial charge in [0.1, 0.15) is 5.54 Å². The van der Waals surface area contributed by atoms with Gasteiger partial charge in [-0.1, -0.05) is 0 Å². The quantitative estimate of drug-likeness (QED) is 0.717. The Labute approximate surface area is 123 Å². The molecule has 0 radical (unpaired) electrons. The molecule has 0 aromatic heterocycles. The molecule has 0 amide bonds. The lowest BCUT2D eigenvalue weighted by atomic mass is 9.96. The lowest BCUT2D eigenvalue weighted by Crippen LogP contribution is -2.49. The third-order valence-corrected chi connectivity index (χ3v) is 3.97. The number of carbonyl (C=O) groups excluding carboxylic acids is 1. The second-order valence-electron chi connectivity index (χ2n) is 5.74. The summed E-state index contributed by atoms with van der Waals surface area (Å²) in [6, 6.07) is 0. The van der Waals surface area contributed by atoms with Crippen molar-refractivity contribution in [2.45, 2.75) is 51.7 Å². The molecule has 2 unspecified atom stereocenters. The SMILES string of the molecule is CCOC(=O)C(C)(CCCN1CCCOC(C)C1)NC. The fourth-order valence-corrected chi connectivity index (χ4v) is 2.56. The molecule has 5 heteroatoms. The van der Waals surface area contributed by atoms with Crippen LogP contribution in [0, 0.1) is 0 Å². The maximum absolute atomic E-state index is 12.0. The maximum atomic E-state index is 12.0. The molecule has 1 fully saturated rings. The van der Waals surface area contributed by atoms with E-state index in [-0.39, 0.29) is 5.97 Å². The van der Waals surface area contributed by atoms with Crippen LogP contribution in [-0.2, 0) is 14.3 Å². The van der Waals surface area contributed by atoms with Crippen LogP contribution in [0.2, 0.25) is 0 Å². The van der Waals surface area contributed by atoms with Crippen molar-refractivity contribution in [3.8, 4) is 0 Å². The fourth-order valence-electron chi connectivity index (χ4n) is 2.56. The summed E-state index contributed by atoms with van der Waals surface area (Å²) in [6.45, 7) is 10.2. The zero-order chi connectivity index (χ0) is 15.0. The molecule has 20 heavy (non-hydrogen) atoms. The Morgan fingerprint density at radius 2 is 2.30 bits per heavy atom. The number of ether oxygens (including phenoxy) is 2. The van der Waals surface area contributed by atoms with Crippen LogP contribution >= 0.6 is 0 Å². The van der Waals surface area contributed by atoms with Gasteiger partial charge in [0, 0.05) is 19.7 Å². The molecule has 1 saturated heterocycles. The van der Waals surface area contributed by atoms with Crippen molar-refractivity contribution < 1.29 is 14.3 Å². The third kappa shape index (κ3) is 5.38. The van der Waals surface area contributed by atoms with Gasteiger partial charge in [-0.15, -0.1) is 0 Å². The van der Waals surface area contributed by atoms with Crippen LogP contribution < -0.4 is 5.32 Å². The smallest absolute Gasteiger partial charge is 0.326 e. The first-order valence-electron chi connectivity index (χ1n) is 7.72. The standard InChI is InChI=1S/C15H30N2O3/c1-5-19-14(18)15(3,16-4)8-6-9-17-10-7-11-20-13(2)12-17/h13,16H,5-12H2,1-4H3. The zero-order valence-electron chi connectivity index (χ0n) is 13.4. The highest BCUT2D eigenvalue weighted by Crippen LogP contribution is 2.15. The molecule has 0 spiro atoms. The van der Waals surface area contributed by atoms with Crippen LogP contribution in [0.1, 0.15) is 40.0 Å². The Hall–Kier alpha value is -0.650. The average molecular weight is 286 g/mol. The summed E-state index contributed by atoms with van der Waals surface area (Å²) < 4.78 is 10.8. The molecule has 118 valence electrons. The highest BCUT2D eigenvalue weighted by Gasteiger charge is 2.32. The predicted octanol–water partition coefficient (Wildman–Crippen LogP) is 1.42. The summed E-state index contributed by atoms with van der Waals surface area (Å²) in [5.41, 5.74) is -0.579. The van der Waals surface area contributed by atoms with Crippen molar-refractivity contribution in [1.82, 2.24) is 10.2 Å². The Kier molecular flexibility index (Phi) is 7.48. The van der Waals surface area contributed by atoms with Crippen molar-refractivity contribution >= 4 is 5.97 Å². The van der Waals surface area contributed by atoms with Crippen molar-refractivity contribution in [2.24, 2.45) is 0 Å². The number of rotatable bonds is 7. The van der Waals surface area contributed by atoms with Crippen molar-refractivity contribution in [3.05, 3.63) is 0 Å². The first-order chi connectivity index (χ1) is 9.51. The normalized spacial score (nSPS) is 23.9. The van der Waals surface area contributed by atoms with Crippen LogP contribution in [-0.4, -0.2) is 62.4 Å². The highest BCUT2D eigenvalue weighted by atomic mass is 16.5. The summed E-state index contributed by atoms with van der Waals surface area (Å²) in [6.07, 6.45) is 3.15. The van der Waals surface area contributed by atoms with Crippen LogP contribution in [0.3, 0.4) is 0 Å². The number of nitrogens with zero attached hydrogens (tertiary/aromatic N) is 1. The molecule has 0 aromatic carbocycles. The molecule has 0 aromatic rings. The molecule has 1 rings (SSSR count). The van der Waals surface area contributed by atoms with Crippen LogP contribution in [0.5, 0.6) is 0 Å². The van der Waals surface area contributed by atoms with Gasteiger partial charge in [-0.25, -0.2) is 0 Å². The Balaban J connectivity index is 2.38. The molecular weight excluding hydrogens is 256 g/mol. The molecule has 2 atom stereocenters. The van der Waals surface area contributed by atoms with Gasteiger partial charge >= 0.3 is 5.97 Å². The highest BCUT2D eigenvalue weighted by molar-refractivity contribution is 5.80. The zero-order valence-corrected chi connectivity index (χ0v) is 13.4. The molecule has 0 aliphatic carbocycles. The lowest BCUT2D eigenvalue weighted by Gasteiger charge is -2.28. The van der Waals surface area contributed by atoms with Crippen LogP contribution in [0.4, 0.5) is 0 Å². The van der Waals surface area contributed by atoms with Gasteiger partial charge in [0.15, 0.2) is 0 Å². The summed E-state index contributed by atoms with van der Waals surface area (Å²) in [7, 11) is 1.82. The number of hydrogen-bond acceptors (Lipinski definition) is 5. The summed E-state index contributed by atoms with van der Waals surface area (Å²) in [5.74, 6) is -0.157. The molecule has 0 bridgehead atoms. The summed E-state index contributed by atoms with van der Waals surface area (Å²) >= 11 is 0. The van der Waals surface area contributed by atoms with E-state index in [0.29, 0.717) is 12.7 Å². The molecule has 5 nitrogen and oxygen atoms in total. The molecule has 0 saturated carbocycles. The Morgan fingerprint density at radius 1 is 1.55 bits per heavy atom. The van der Waals surface area contributed by atoms with Gasteiger partial charge in [0.05, 0.1) is 12.7 Å². The van der Waals surface area contributed by atoms with Gasteiger partial charge in [0.25, 0.3) is 0 Å². The number of hydrogen-bond donors (Lipinski definition) is 1. The minimum Gasteiger partial charge on any atom is -0.465 e. The number of carbonyl (C=O) groups is 1. The van der Waals surface area contributed by atoms with Gasteiger partial charge in [-0.05, 0) is 53.6 Å². The van der Waals surface area contributed by atoms with E-state index in [0.717, 1.165) is 45.5 Å². The average Bonchev–Trinajstić information content (AvgIpc) is 2.63. The fraction of sp³-hybridized carbons (Fsp3) is 0.933. The van der Waals surface area contributed by atoms with Crippen molar-refractivity contribution in [2.75, 3.05) is 39.9 Å². The van der Waals surface area contributed by atoms with Gasteiger partial charge in [-0.3, -0.25) is 4.79 Å². The van der Waals surface area contributed by atoms with Crippen molar-refractivity contribution in [1.29, 1.82) is 0 Å². The number of likely N-dealkylation sites (N-methyl/N-ethyl adjacent to an activating group) is 1. The second-order valence-corrected chi connectivity index (χ2v) is 5.74. The maximum Gasteiger partial charge on any atom is 0.326 e. The minimum absolute atomic E-state index is 0.157. The number of esters is 1. The minimum atomic E-state index is -0.579. The molecule has 1 aliphatic heterocycles. The van der Waals surface area contributed by atoms with E-state index in [9.17, 15) is 4.79 Å². The molecule has 1 aliphatic rings. The predicted molar refractivity (Wildman–Crippen MR) is 79.8 cm³/mol. The summed E-state index contributed by atoms with van der Waals surface area (Å²) in [5, 5.41) is 3.10. The van der Waals surface area contributed by atoms with Gasteiger partial charge < -0.3 is 19.7 Å². The lowest BCUT2D eigenvalue weighted by molar-refractivity contribution is -0.150. The number of nitrogens with one attached hydrogen (secondary N) is 1. The molecular formula is C15H30N2O3. The van der Waals surface area contributed by atoms with E-state index < -0.39 is 5.54 Å². The third-order valence-electron chi connectivity index (χ3n) is 3.97. The summed E-state index contributed by atoms with van der Waals surface area (Å²) in [4.78, 5) is 14.4. The first-order valence-corrected chi connectivity index (χ1v) is 7.72. The Bertz CT molecular complexity index is 299. The Morgan fingerprint density at radius 3 is 2.95 bits per heavy atom. The largest absolute Gasteiger partial charge is 0.465 e. The molecule has 1 heterocycles. The van der Waals surface area contributed by atoms with E-state index >= 15 is 0 Å². The van der Waals surface area contributed by atoms with Crippen molar-refractivity contribution in [3.63, 3.8) is 0 Å². The van der Waals surface area contributed by atoms with E-state index in [1.165, 1.54) is 0 Å². The first kappa shape index (κ1) is 17.4. The van der Waals surface area contributed by atoms with Gasteiger partial charge in [0.2, 0.25) is 0 Å². The van der Waals surface area contributed by atoms with E-state index in [1.54, 1.807) is 0 Å². The topological polar surface area (TPSA) is 50.8 Å². The second kappa shape index (κ2) is 8.60. The monoisotopic (exact) mass is 286 g/mol. The van der Waals surface area contributed by atoms with Crippen LogP contribution in [0.15, 0.2) is 0 Å².